The molecule has 1 aromatic heterocycles. The number of tetrazole rings is 1. The maximum absolute atomic E-state index is 13.3. The molecule has 1 heterocycles. The van der Waals surface area contributed by atoms with Gasteiger partial charge in [0.15, 0.2) is 0 Å². The molecule has 0 bridgehead atoms. The lowest BCUT2D eigenvalue weighted by molar-refractivity contribution is 0.629. The van der Waals surface area contributed by atoms with E-state index in [1.54, 1.807) is 0 Å². The molecule has 0 aliphatic rings. The van der Waals surface area contributed by atoms with E-state index in [2.05, 4.69) is 25.9 Å². The Hall–Kier alpha value is -2.17. The van der Waals surface area contributed by atoms with Crippen LogP contribution in [0.15, 0.2) is 18.3 Å². The molecule has 9 heteroatoms. The molecule has 0 amide bonds. The lowest BCUT2D eigenvalue weighted by Gasteiger charge is -2.05. The van der Waals surface area contributed by atoms with E-state index in [-0.39, 0.29) is 27.1 Å². The van der Waals surface area contributed by atoms with Crippen molar-refractivity contribution < 1.29 is 4.39 Å². The standard InChI is InChI=1S/C10H5Cl2FN6/c11-6-1-7(12)9(2-8(6)13)15-4-5(3-14)10-16-18-19-17-10/h1-2,4,15H,(H,16,17,18,19). The number of hydrogen-bond acceptors (Lipinski definition) is 5. The molecule has 19 heavy (non-hydrogen) atoms. The van der Waals surface area contributed by atoms with Crippen molar-refractivity contribution in [2.75, 3.05) is 5.32 Å². The second kappa shape index (κ2) is 5.65. The summed E-state index contributed by atoms with van der Waals surface area (Å²) in [7, 11) is 0. The second-order valence-corrected chi connectivity index (χ2v) is 4.11. The van der Waals surface area contributed by atoms with Crippen molar-refractivity contribution in [3.63, 3.8) is 0 Å². The van der Waals surface area contributed by atoms with Crippen molar-refractivity contribution in [1.82, 2.24) is 20.6 Å². The first-order chi connectivity index (χ1) is 9.11. The molecule has 2 rings (SSSR count). The lowest BCUT2D eigenvalue weighted by atomic mass is 10.3. The molecule has 0 spiro atoms. The largest absolute Gasteiger partial charge is 0.359 e. The molecular weight excluding hydrogens is 294 g/mol. The number of nitrogens with zero attached hydrogens (tertiary/aromatic N) is 4. The fourth-order valence-electron chi connectivity index (χ4n) is 1.21. The monoisotopic (exact) mass is 298 g/mol. The summed E-state index contributed by atoms with van der Waals surface area (Å²) < 4.78 is 13.3. The summed E-state index contributed by atoms with van der Waals surface area (Å²) in [5.41, 5.74) is 0.375. The summed E-state index contributed by atoms with van der Waals surface area (Å²) >= 11 is 11.4. The third-order valence-electron chi connectivity index (χ3n) is 2.09. The minimum Gasteiger partial charge on any atom is -0.359 e. The highest BCUT2D eigenvalue weighted by Gasteiger charge is 2.08. The summed E-state index contributed by atoms with van der Waals surface area (Å²) in [6, 6.07) is 4.25. The Balaban J connectivity index is 2.27. The van der Waals surface area contributed by atoms with Crippen LogP contribution in [0.1, 0.15) is 5.82 Å². The van der Waals surface area contributed by atoms with Gasteiger partial charge < -0.3 is 5.32 Å². The van der Waals surface area contributed by atoms with Gasteiger partial charge in [-0.3, -0.25) is 0 Å². The van der Waals surface area contributed by atoms with Crippen LogP contribution in [0.3, 0.4) is 0 Å². The molecule has 0 fully saturated rings. The minimum absolute atomic E-state index is 0.0850. The summed E-state index contributed by atoms with van der Waals surface area (Å²) in [6.45, 7) is 0. The Morgan fingerprint density at radius 3 is 2.84 bits per heavy atom. The number of halogens is 3. The Labute approximate surface area is 116 Å². The topological polar surface area (TPSA) is 90.3 Å². The number of aromatic nitrogens is 4. The van der Waals surface area contributed by atoms with Crippen LogP contribution in [0, 0.1) is 17.1 Å². The van der Waals surface area contributed by atoms with Gasteiger partial charge in [0.2, 0.25) is 5.82 Å². The number of aromatic amines is 1. The van der Waals surface area contributed by atoms with E-state index in [9.17, 15) is 4.39 Å². The van der Waals surface area contributed by atoms with Crippen molar-refractivity contribution >= 4 is 34.5 Å². The number of nitrogens with one attached hydrogen (secondary N) is 2. The lowest BCUT2D eigenvalue weighted by Crippen LogP contribution is -1.94. The van der Waals surface area contributed by atoms with Crippen LogP contribution < -0.4 is 5.32 Å². The highest BCUT2D eigenvalue weighted by atomic mass is 35.5. The van der Waals surface area contributed by atoms with Gasteiger partial charge in [0, 0.05) is 12.3 Å². The molecule has 0 saturated heterocycles. The van der Waals surface area contributed by atoms with Crippen LogP contribution >= 0.6 is 23.2 Å². The highest BCUT2D eigenvalue weighted by molar-refractivity contribution is 6.36. The maximum atomic E-state index is 13.3. The van der Waals surface area contributed by atoms with E-state index in [1.165, 1.54) is 12.3 Å². The zero-order chi connectivity index (χ0) is 13.8. The quantitative estimate of drug-likeness (QED) is 0.671. The van der Waals surface area contributed by atoms with E-state index in [0.717, 1.165) is 6.07 Å². The summed E-state index contributed by atoms with van der Waals surface area (Å²) in [6.07, 6.45) is 1.29. The average Bonchev–Trinajstić information content (AvgIpc) is 2.90. The number of benzene rings is 1. The Kier molecular flexibility index (Phi) is 3.94. The first-order valence-electron chi connectivity index (χ1n) is 4.87. The normalized spacial score (nSPS) is 11.2. The minimum atomic E-state index is -0.625. The predicted octanol–water partition coefficient (Wildman–Crippen LogP) is 2.62. The number of nitriles is 1. The third kappa shape index (κ3) is 2.99. The molecule has 0 aliphatic carbocycles. The predicted molar refractivity (Wildman–Crippen MR) is 67.8 cm³/mol. The van der Waals surface area contributed by atoms with Crippen molar-refractivity contribution in [1.29, 1.82) is 5.26 Å². The Morgan fingerprint density at radius 1 is 1.42 bits per heavy atom. The van der Waals surface area contributed by atoms with Gasteiger partial charge in [-0.1, -0.05) is 23.2 Å². The average molecular weight is 299 g/mol. The molecule has 96 valence electrons. The SMILES string of the molecule is N#CC(=CNc1cc(F)c(Cl)cc1Cl)c1nn[nH]n1. The van der Waals surface area contributed by atoms with Gasteiger partial charge in [0.25, 0.3) is 0 Å². The fraction of sp³-hybridized carbons (Fsp3) is 0. The van der Waals surface area contributed by atoms with Crippen LogP contribution in [0.2, 0.25) is 10.0 Å². The van der Waals surface area contributed by atoms with Crippen molar-refractivity contribution in [3.05, 3.63) is 40.0 Å². The molecule has 2 N–H and O–H groups in total. The Bertz CT molecular complexity index is 661. The van der Waals surface area contributed by atoms with Crippen LogP contribution in [0.5, 0.6) is 0 Å². The molecule has 0 unspecified atom stereocenters. The molecule has 1 aromatic carbocycles. The first-order valence-corrected chi connectivity index (χ1v) is 5.62. The smallest absolute Gasteiger partial charge is 0.216 e. The van der Waals surface area contributed by atoms with Gasteiger partial charge in [-0.25, -0.2) is 4.39 Å². The number of hydrogen-bond donors (Lipinski definition) is 2. The summed E-state index contributed by atoms with van der Waals surface area (Å²) in [5.74, 6) is -0.513. The molecule has 0 atom stereocenters. The molecular formula is C10H5Cl2FN6. The van der Waals surface area contributed by atoms with Gasteiger partial charge in [0.05, 0.1) is 15.7 Å². The van der Waals surface area contributed by atoms with E-state index in [1.807, 2.05) is 6.07 Å². The molecule has 0 radical (unpaired) electrons. The van der Waals surface area contributed by atoms with Crippen LogP contribution in [0.25, 0.3) is 5.57 Å². The van der Waals surface area contributed by atoms with E-state index < -0.39 is 5.82 Å². The van der Waals surface area contributed by atoms with Gasteiger partial charge in [0.1, 0.15) is 17.5 Å². The van der Waals surface area contributed by atoms with E-state index >= 15 is 0 Å². The van der Waals surface area contributed by atoms with Crippen molar-refractivity contribution in [2.45, 2.75) is 0 Å². The van der Waals surface area contributed by atoms with Crippen molar-refractivity contribution in [2.24, 2.45) is 0 Å². The van der Waals surface area contributed by atoms with Gasteiger partial charge in [-0.2, -0.15) is 10.5 Å². The zero-order valence-corrected chi connectivity index (χ0v) is 10.7. The first kappa shape index (κ1) is 13.3. The van der Waals surface area contributed by atoms with Gasteiger partial charge in [-0.15, -0.1) is 10.2 Å². The molecule has 0 saturated carbocycles. The number of H-pyrrole nitrogens is 1. The number of allylic oxidation sites excluding steroid dienone is 1. The molecule has 0 aliphatic heterocycles. The molecule has 2 aromatic rings. The van der Waals surface area contributed by atoms with Crippen LogP contribution in [-0.4, -0.2) is 20.6 Å². The second-order valence-electron chi connectivity index (χ2n) is 3.30. The van der Waals surface area contributed by atoms with E-state index in [0.29, 0.717) is 0 Å². The number of anilines is 1. The summed E-state index contributed by atoms with van der Waals surface area (Å²) in [4.78, 5) is 0. The van der Waals surface area contributed by atoms with Gasteiger partial charge in [-0.05, 0) is 11.3 Å². The van der Waals surface area contributed by atoms with Crippen LogP contribution in [0.4, 0.5) is 10.1 Å². The number of rotatable bonds is 3. The van der Waals surface area contributed by atoms with Crippen molar-refractivity contribution in [3.8, 4) is 6.07 Å². The highest BCUT2D eigenvalue weighted by Crippen LogP contribution is 2.28. The maximum Gasteiger partial charge on any atom is 0.216 e. The van der Waals surface area contributed by atoms with Crippen LogP contribution in [-0.2, 0) is 0 Å². The van der Waals surface area contributed by atoms with E-state index in [4.69, 9.17) is 28.5 Å². The third-order valence-corrected chi connectivity index (χ3v) is 2.69. The molecule has 6 nitrogen and oxygen atoms in total. The fourth-order valence-corrected chi connectivity index (χ4v) is 1.64. The van der Waals surface area contributed by atoms with Gasteiger partial charge >= 0.3 is 0 Å². The Morgan fingerprint density at radius 2 is 2.21 bits per heavy atom. The zero-order valence-electron chi connectivity index (χ0n) is 9.15. The summed E-state index contributed by atoms with van der Waals surface area (Å²) in [5, 5.41) is 24.6.